The lowest BCUT2D eigenvalue weighted by Gasteiger charge is -2.31. The van der Waals surface area contributed by atoms with Crippen molar-refractivity contribution in [3.05, 3.63) is 77.0 Å². The number of aliphatic hydroxyl groups is 2. The Balaban J connectivity index is 0.000000858. The molecule has 0 spiro atoms. The van der Waals surface area contributed by atoms with Gasteiger partial charge in [0.25, 0.3) is 5.91 Å². The molecule has 0 radical (unpaired) electrons. The quantitative estimate of drug-likeness (QED) is 0.0909. The number of aromatic amines is 1. The number of carbonyl (C=O) groups excluding carboxylic acids is 1. The van der Waals surface area contributed by atoms with Gasteiger partial charge in [0.2, 0.25) is 0 Å². The molecular weight excluding hydrogens is 600 g/mol. The van der Waals surface area contributed by atoms with Gasteiger partial charge in [0.1, 0.15) is 5.82 Å². The van der Waals surface area contributed by atoms with E-state index in [0.29, 0.717) is 32.4 Å². The first-order valence-electron chi connectivity index (χ1n) is 15.7. The van der Waals surface area contributed by atoms with Gasteiger partial charge in [-0.3, -0.25) is 4.79 Å². The number of fused-ring (bicyclic) bond motifs is 1. The number of hydrogen-bond donors (Lipinski definition) is 5. The van der Waals surface area contributed by atoms with Crippen molar-refractivity contribution in [2.75, 3.05) is 30.3 Å². The fraction of sp³-hybridized carbons (Fsp3) is 0.457. The van der Waals surface area contributed by atoms with E-state index < -0.39 is 35.7 Å². The third-order valence-electron chi connectivity index (χ3n) is 8.19. The molecule has 2 aliphatic rings. The van der Waals surface area contributed by atoms with Crippen LogP contribution in [-0.2, 0) is 11.0 Å². The molecular formula is C35H46F4N4O3. The molecule has 0 saturated heterocycles. The maximum absolute atomic E-state index is 14.8. The van der Waals surface area contributed by atoms with Crippen LogP contribution in [0.5, 0.6) is 0 Å². The number of alkyl halides is 3. The molecule has 0 fully saturated rings. The fourth-order valence-corrected chi connectivity index (χ4v) is 5.36. The van der Waals surface area contributed by atoms with Gasteiger partial charge in [0, 0.05) is 41.3 Å². The molecule has 0 bridgehead atoms. The lowest BCUT2D eigenvalue weighted by Crippen LogP contribution is -2.32. The molecule has 7 nitrogen and oxygen atoms in total. The van der Waals surface area contributed by atoms with E-state index in [-0.39, 0.29) is 50.9 Å². The minimum Gasteiger partial charge on any atom is -0.390 e. The van der Waals surface area contributed by atoms with Gasteiger partial charge in [-0.2, -0.15) is 13.2 Å². The Morgan fingerprint density at radius 2 is 1.78 bits per heavy atom. The van der Waals surface area contributed by atoms with E-state index in [4.69, 9.17) is 5.11 Å². The molecule has 1 amide bonds. The predicted octanol–water partition coefficient (Wildman–Crippen LogP) is 8.24. The fourth-order valence-electron chi connectivity index (χ4n) is 5.36. The number of nitrogens with one attached hydrogen (secondary N) is 3. The number of aliphatic hydroxyl groups excluding tert-OH is 1. The van der Waals surface area contributed by atoms with Gasteiger partial charge in [0.05, 0.1) is 40.4 Å². The Morgan fingerprint density at radius 3 is 2.30 bits per heavy atom. The molecule has 1 aliphatic heterocycles. The second-order valence-corrected chi connectivity index (χ2v) is 12.0. The molecule has 1 aromatic heterocycles. The maximum Gasteiger partial charge on any atom is 0.419 e. The first-order valence-corrected chi connectivity index (χ1v) is 15.7. The van der Waals surface area contributed by atoms with Crippen LogP contribution in [0, 0.1) is 12.7 Å². The molecule has 1 aromatic carbocycles. The number of halogens is 4. The van der Waals surface area contributed by atoms with Crippen LogP contribution in [-0.4, -0.2) is 51.3 Å². The SMILES string of the molecule is C1=CCCCC1.C=C(CO)Nc1cc2c(cc1F)/C(=C/c1[nH]c(C)c(C(=C)N(CCC)CCC(C)(O)CC)c1C(F)(F)F)C(=O)N2. The van der Waals surface area contributed by atoms with Gasteiger partial charge in [0.15, 0.2) is 0 Å². The summed E-state index contributed by atoms with van der Waals surface area (Å²) < 4.78 is 58.5. The van der Waals surface area contributed by atoms with Crippen molar-refractivity contribution < 1.29 is 32.6 Å². The van der Waals surface area contributed by atoms with Crippen molar-refractivity contribution >= 4 is 34.6 Å². The Labute approximate surface area is 268 Å². The number of nitrogens with zero attached hydrogens (tertiary/aromatic N) is 1. The van der Waals surface area contributed by atoms with Gasteiger partial charge < -0.3 is 30.7 Å². The zero-order valence-corrected chi connectivity index (χ0v) is 27.1. The molecule has 5 N–H and O–H groups in total. The smallest absolute Gasteiger partial charge is 0.390 e. The maximum atomic E-state index is 14.8. The summed E-state index contributed by atoms with van der Waals surface area (Å²) in [5, 5.41) is 24.7. The molecule has 1 aliphatic carbocycles. The van der Waals surface area contributed by atoms with E-state index in [1.165, 1.54) is 38.7 Å². The van der Waals surface area contributed by atoms with Crippen LogP contribution in [0.1, 0.15) is 93.8 Å². The molecule has 2 heterocycles. The van der Waals surface area contributed by atoms with Crippen molar-refractivity contribution in [2.45, 2.75) is 84.4 Å². The largest absolute Gasteiger partial charge is 0.419 e. The summed E-state index contributed by atoms with van der Waals surface area (Å²) in [6, 6.07) is 2.33. The molecule has 11 heteroatoms. The number of aryl methyl sites for hydroxylation is 1. The Morgan fingerprint density at radius 1 is 1.13 bits per heavy atom. The second kappa shape index (κ2) is 15.6. The van der Waals surface area contributed by atoms with Gasteiger partial charge >= 0.3 is 6.18 Å². The van der Waals surface area contributed by atoms with Crippen LogP contribution in [0.3, 0.4) is 0 Å². The number of aromatic nitrogens is 1. The van der Waals surface area contributed by atoms with Crippen LogP contribution < -0.4 is 10.6 Å². The van der Waals surface area contributed by atoms with Crippen molar-refractivity contribution in [1.29, 1.82) is 0 Å². The molecule has 0 saturated carbocycles. The number of rotatable bonds is 12. The topological polar surface area (TPSA) is 101 Å². The van der Waals surface area contributed by atoms with Crippen molar-refractivity contribution in [2.24, 2.45) is 0 Å². The highest BCUT2D eigenvalue weighted by Crippen LogP contribution is 2.43. The average molecular weight is 647 g/mol. The highest BCUT2D eigenvalue weighted by atomic mass is 19.4. The van der Waals surface area contributed by atoms with E-state index in [1.807, 2.05) is 13.8 Å². The van der Waals surface area contributed by atoms with Gasteiger partial charge in [-0.1, -0.05) is 39.2 Å². The highest BCUT2D eigenvalue weighted by Gasteiger charge is 2.40. The predicted molar refractivity (Wildman–Crippen MR) is 177 cm³/mol. The lowest BCUT2D eigenvalue weighted by molar-refractivity contribution is -0.137. The number of benzene rings is 1. The first kappa shape index (κ1) is 36.6. The number of H-pyrrole nitrogens is 1. The van der Waals surface area contributed by atoms with E-state index in [0.717, 1.165) is 12.1 Å². The van der Waals surface area contributed by atoms with E-state index in [1.54, 1.807) is 11.8 Å². The summed E-state index contributed by atoms with van der Waals surface area (Å²) in [6.45, 7) is 14.8. The van der Waals surface area contributed by atoms with Crippen molar-refractivity contribution in [1.82, 2.24) is 9.88 Å². The Hall–Kier alpha value is -3.83. The first-order chi connectivity index (χ1) is 21.6. The van der Waals surface area contributed by atoms with Crippen LogP contribution in [0.2, 0.25) is 0 Å². The summed E-state index contributed by atoms with van der Waals surface area (Å²) in [5.41, 5.74) is -1.85. The zero-order chi connectivity index (χ0) is 34.2. The van der Waals surface area contributed by atoms with E-state index in [2.05, 4.69) is 40.9 Å². The number of amides is 1. The van der Waals surface area contributed by atoms with Crippen LogP contribution in [0.4, 0.5) is 28.9 Å². The molecule has 2 aromatic rings. The Bertz CT molecular complexity index is 1480. The average Bonchev–Trinajstić information content (AvgIpc) is 3.51. The number of allylic oxidation sites excluding steroid dienone is 2. The third-order valence-corrected chi connectivity index (χ3v) is 8.19. The minimum atomic E-state index is -4.80. The number of carbonyl (C=O) groups is 1. The van der Waals surface area contributed by atoms with Crippen LogP contribution in [0.25, 0.3) is 17.3 Å². The molecule has 1 atom stereocenters. The van der Waals surface area contributed by atoms with Crippen molar-refractivity contribution in [3.63, 3.8) is 0 Å². The standard InChI is InChI=1S/C29H36F4N4O3.C6H10/c1-7-10-37(11-9-28(6,40)8-2)18(5)25-17(4)35-24(26(25)29(31,32)33)13-20-19-12-21(30)23(34-16(3)15-38)14-22(19)36-27(20)39;1-2-4-6-5-3-1/h12-14,34-35,38,40H,3,5,7-11,15H2,1-2,4,6H3,(H,36,39);1-2H,3-6H2/b20-13-;. The summed E-state index contributed by atoms with van der Waals surface area (Å²) in [5.74, 6) is -1.47. The van der Waals surface area contributed by atoms with Gasteiger partial charge in [-0.25, -0.2) is 4.39 Å². The summed E-state index contributed by atoms with van der Waals surface area (Å²) in [4.78, 5) is 17.3. The number of anilines is 2. The summed E-state index contributed by atoms with van der Waals surface area (Å²) in [6.07, 6.45) is 7.75. The lowest BCUT2D eigenvalue weighted by atomic mass is 9.97. The van der Waals surface area contributed by atoms with Crippen molar-refractivity contribution in [3.8, 4) is 0 Å². The van der Waals surface area contributed by atoms with Gasteiger partial charge in [-0.05, 0) is 77.0 Å². The molecule has 4 rings (SSSR count). The minimum absolute atomic E-state index is 0.0531. The summed E-state index contributed by atoms with van der Waals surface area (Å²) in [7, 11) is 0. The molecule has 252 valence electrons. The van der Waals surface area contributed by atoms with Crippen LogP contribution >= 0.6 is 0 Å². The summed E-state index contributed by atoms with van der Waals surface area (Å²) >= 11 is 0. The molecule has 1 unspecified atom stereocenters. The van der Waals surface area contributed by atoms with Gasteiger partial charge in [-0.15, -0.1) is 0 Å². The molecule has 46 heavy (non-hydrogen) atoms. The monoisotopic (exact) mass is 646 g/mol. The van der Waals surface area contributed by atoms with Crippen LogP contribution in [0.15, 0.2) is 43.1 Å². The third kappa shape index (κ3) is 9.13. The zero-order valence-electron chi connectivity index (χ0n) is 27.1. The van der Waals surface area contributed by atoms with E-state index >= 15 is 0 Å². The Kier molecular flexibility index (Phi) is 12.5. The normalized spacial score (nSPS) is 16.3. The van der Waals surface area contributed by atoms with E-state index in [9.17, 15) is 27.5 Å². The highest BCUT2D eigenvalue weighted by molar-refractivity contribution is 6.35. The number of hydrogen-bond acceptors (Lipinski definition) is 5. The second-order valence-electron chi connectivity index (χ2n) is 12.0.